The quantitative estimate of drug-likeness (QED) is 0.773. The lowest BCUT2D eigenvalue weighted by Crippen LogP contribution is -2.41. The van der Waals surface area contributed by atoms with Crippen LogP contribution in [-0.2, 0) is 14.6 Å². The first-order valence-corrected chi connectivity index (χ1v) is 11.0. The third-order valence-electron chi connectivity index (χ3n) is 4.88. The predicted molar refractivity (Wildman–Crippen MR) is 102 cm³/mol. The SMILES string of the molecule is Cc1nn(-c2ccccc2)c(C)c1C1COCCN1CCCS(C)(=O)=O. The predicted octanol–water partition coefficient (Wildman–Crippen LogP) is 2.30. The molecule has 2 aromatic rings. The van der Waals surface area contributed by atoms with E-state index in [4.69, 9.17) is 9.84 Å². The summed E-state index contributed by atoms with van der Waals surface area (Å²) in [5, 5.41) is 4.75. The molecule has 26 heavy (non-hydrogen) atoms. The third-order valence-corrected chi connectivity index (χ3v) is 5.91. The van der Waals surface area contributed by atoms with Gasteiger partial charge in [0.1, 0.15) is 9.84 Å². The van der Waals surface area contributed by atoms with E-state index in [1.54, 1.807) is 0 Å². The third kappa shape index (κ3) is 4.34. The number of rotatable bonds is 6. The number of nitrogens with zero attached hydrogens (tertiary/aromatic N) is 3. The van der Waals surface area contributed by atoms with E-state index in [-0.39, 0.29) is 11.8 Å². The lowest BCUT2D eigenvalue weighted by molar-refractivity contribution is -0.00866. The minimum absolute atomic E-state index is 0.112. The van der Waals surface area contributed by atoms with Crippen LogP contribution in [0.15, 0.2) is 30.3 Å². The minimum Gasteiger partial charge on any atom is -0.378 e. The highest BCUT2D eigenvalue weighted by Crippen LogP contribution is 2.30. The van der Waals surface area contributed by atoms with Gasteiger partial charge in [0, 0.05) is 24.1 Å². The average molecular weight is 378 g/mol. The molecule has 0 radical (unpaired) electrons. The standard InChI is InChI=1S/C19H27N3O3S/c1-15-19(16(2)22(20-15)17-8-5-4-6-9-17)18-14-25-12-11-21(18)10-7-13-26(3,23)24/h4-6,8-9,18H,7,10-14H2,1-3H3. The Bertz CT molecular complexity index is 846. The van der Waals surface area contributed by atoms with E-state index in [2.05, 4.69) is 11.8 Å². The maximum Gasteiger partial charge on any atom is 0.147 e. The van der Waals surface area contributed by atoms with E-state index in [0.717, 1.165) is 30.2 Å². The largest absolute Gasteiger partial charge is 0.378 e. The van der Waals surface area contributed by atoms with Gasteiger partial charge in [-0.3, -0.25) is 4.90 Å². The first-order chi connectivity index (χ1) is 12.4. The number of ether oxygens (including phenoxy) is 1. The molecule has 142 valence electrons. The van der Waals surface area contributed by atoms with Crippen molar-refractivity contribution in [3.05, 3.63) is 47.3 Å². The fraction of sp³-hybridized carbons (Fsp3) is 0.526. The van der Waals surface area contributed by atoms with E-state index in [0.29, 0.717) is 19.6 Å². The summed E-state index contributed by atoms with van der Waals surface area (Å²) in [4.78, 5) is 2.33. The highest BCUT2D eigenvalue weighted by molar-refractivity contribution is 7.90. The molecule has 1 aliphatic rings. The Morgan fingerprint density at radius 2 is 1.96 bits per heavy atom. The smallest absolute Gasteiger partial charge is 0.147 e. The van der Waals surface area contributed by atoms with Crippen LogP contribution in [0, 0.1) is 13.8 Å². The Hall–Kier alpha value is -1.70. The molecular formula is C19H27N3O3S. The molecule has 0 spiro atoms. The zero-order chi connectivity index (χ0) is 18.7. The molecule has 7 heteroatoms. The first kappa shape index (κ1) is 19.1. The number of para-hydroxylation sites is 1. The molecule has 0 amide bonds. The summed E-state index contributed by atoms with van der Waals surface area (Å²) in [7, 11) is -2.93. The molecule has 1 unspecified atom stereocenters. The van der Waals surface area contributed by atoms with Crippen LogP contribution >= 0.6 is 0 Å². The zero-order valence-electron chi connectivity index (χ0n) is 15.7. The Morgan fingerprint density at radius 1 is 1.23 bits per heavy atom. The van der Waals surface area contributed by atoms with Gasteiger partial charge in [-0.15, -0.1) is 0 Å². The van der Waals surface area contributed by atoms with Gasteiger partial charge in [-0.2, -0.15) is 5.10 Å². The highest BCUT2D eigenvalue weighted by atomic mass is 32.2. The van der Waals surface area contributed by atoms with Gasteiger partial charge in [0.25, 0.3) is 0 Å². The fourth-order valence-corrected chi connectivity index (χ4v) is 4.31. The van der Waals surface area contributed by atoms with Gasteiger partial charge in [-0.1, -0.05) is 18.2 Å². The van der Waals surface area contributed by atoms with Crippen LogP contribution in [0.3, 0.4) is 0 Å². The van der Waals surface area contributed by atoms with Crippen LogP contribution in [0.2, 0.25) is 0 Å². The summed E-state index contributed by atoms with van der Waals surface area (Å²) >= 11 is 0. The molecule has 0 N–H and O–H groups in total. The number of aromatic nitrogens is 2. The summed E-state index contributed by atoms with van der Waals surface area (Å²) in [6, 6.07) is 10.2. The number of benzene rings is 1. The fourth-order valence-electron chi connectivity index (χ4n) is 3.66. The van der Waals surface area contributed by atoms with E-state index < -0.39 is 9.84 Å². The molecule has 0 bridgehead atoms. The molecule has 1 aromatic carbocycles. The molecular weight excluding hydrogens is 350 g/mol. The van der Waals surface area contributed by atoms with Gasteiger partial charge in [0.2, 0.25) is 0 Å². The van der Waals surface area contributed by atoms with Gasteiger partial charge in [-0.05, 0) is 38.9 Å². The Kier molecular flexibility index (Phi) is 5.79. The lowest BCUT2D eigenvalue weighted by Gasteiger charge is -2.36. The number of aryl methyl sites for hydroxylation is 1. The van der Waals surface area contributed by atoms with Crippen molar-refractivity contribution in [2.45, 2.75) is 26.3 Å². The van der Waals surface area contributed by atoms with Crippen LogP contribution in [0.4, 0.5) is 0 Å². The van der Waals surface area contributed by atoms with E-state index in [1.807, 2.05) is 41.9 Å². The van der Waals surface area contributed by atoms with E-state index in [1.165, 1.54) is 11.8 Å². The van der Waals surface area contributed by atoms with Crippen molar-refractivity contribution < 1.29 is 13.2 Å². The van der Waals surface area contributed by atoms with Gasteiger partial charge >= 0.3 is 0 Å². The zero-order valence-corrected chi connectivity index (χ0v) is 16.5. The normalized spacial score (nSPS) is 19.0. The van der Waals surface area contributed by atoms with Gasteiger partial charge < -0.3 is 4.74 Å². The highest BCUT2D eigenvalue weighted by Gasteiger charge is 2.29. The van der Waals surface area contributed by atoms with Crippen LogP contribution < -0.4 is 0 Å². The maximum absolute atomic E-state index is 11.4. The van der Waals surface area contributed by atoms with Crippen LogP contribution in [-0.4, -0.2) is 61.4 Å². The summed E-state index contributed by atoms with van der Waals surface area (Å²) in [5.74, 6) is 0.221. The topological polar surface area (TPSA) is 64.4 Å². The van der Waals surface area contributed by atoms with Crippen LogP contribution in [0.1, 0.15) is 29.4 Å². The number of morpholine rings is 1. The van der Waals surface area contributed by atoms with Gasteiger partial charge in [0.15, 0.2) is 0 Å². The average Bonchev–Trinajstić information content (AvgIpc) is 2.90. The summed E-state index contributed by atoms with van der Waals surface area (Å²) < 4.78 is 30.6. The molecule has 6 nitrogen and oxygen atoms in total. The van der Waals surface area contributed by atoms with Crippen molar-refractivity contribution in [1.29, 1.82) is 0 Å². The molecule has 0 saturated carbocycles. The van der Waals surface area contributed by atoms with E-state index in [9.17, 15) is 8.42 Å². The van der Waals surface area contributed by atoms with Crippen molar-refractivity contribution in [2.75, 3.05) is 38.3 Å². The number of sulfone groups is 1. The second kappa shape index (κ2) is 7.90. The van der Waals surface area contributed by atoms with Crippen LogP contribution in [0.25, 0.3) is 5.69 Å². The molecule has 1 fully saturated rings. The van der Waals surface area contributed by atoms with Crippen molar-refractivity contribution >= 4 is 9.84 Å². The molecule has 1 atom stereocenters. The number of hydrogen-bond donors (Lipinski definition) is 0. The van der Waals surface area contributed by atoms with Crippen molar-refractivity contribution in [2.24, 2.45) is 0 Å². The minimum atomic E-state index is -2.93. The van der Waals surface area contributed by atoms with Gasteiger partial charge in [0.05, 0.1) is 36.4 Å². The van der Waals surface area contributed by atoms with Crippen LogP contribution in [0.5, 0.6) is 0 Å². The monoisotopic (exact) mass is 377 g/mol. The first-order valence-electron chi connectivity index (χ1n) is 8.98. The number of hydrogen-bond acceptors (Lipinski definition) is 5. The Balaban J connectivity index is 1.85. The summed E-state index contributed by atoms with van der Waals surface area (Å²) in [6.07, 6.45) is 1.93. The molecule has 1 aliphatic heterocycles. The Labute approximate surface area is 155 Å². The molecule has 0 aliphatic carbocycles. The molecule has 1 saturated heterocycles. The molecule has 2 heterocycles. The van der Waals surface area contributed by atoms with Crippen molar-refractivity contribution in [3.63, 3.8) is 0 Å². The summed E-state index contributed by atoms with van der Waals surface area (Å²) in [5.41, 5.74) is 4.33. The summed E-state index contributed by atoms with van der Waals surface area (Å²) in [6.45, 7) is 6.97. The van der Waals surface area contributed by atoms with Crippen molar-refractivity contribution in [3.8, 4) is 5.69 Å². The van der Waals surface area contributed by atoms with Gasteiger partial charge in [-0.25, -0.2) is 13.1 Å². The molecule has 1 aromatic heterocycles. The lowest BCUT2D eigenvalue weighted by atomic mass is 10.0. The maximum atomic E-state index is 11.4. The second-order valence-corrected chi connectivity index (χ2v) is 9.20. The second-order valence-electron chi connectivity index (χ2n) is 6.94. The van der Waals surface area contributed by atoms with Crippen molar-refractivity contribution in [1.82, 2.24) is 14.7 Å². The Morgan fingerprint density at radius 3 is 2.65 bits per heavy atom. The molecule has 3 rings (SSSR count). The van der Waals surface area contributed by atoms with E-state index >= 15 is 0 Å².